The van der Waals surface area contributed by atoms with Crippen LogP contribution in [0.2, 0.25) is 5.02 Å². The molecule has 0 unspecified atom stereocenters. The number of benzene rings is 1. The number of tetrazole rings is 1. The number of thioether (sulfide) groups is 1. The van der Waals surface area contributed by atoms with Crippen LogP contribution in [0.3, 0.4) is 0 Å². The van der Waals surface area contributed by atoms with Gasteiger partial charge in [0.1, 0.15) is 0 Å². The fraction of sp³-hybridized carbons (Fsp3) is 0.286. The van der Waals surface area contributed by atoms with Gasteiger partial charge in [0.05, 0.1) is 17.0 Å². The summed E-state index contributed by atoms with van der Waals surface area (Å²) in [4.78, 5) is 4.21. The van der Waals surface area contributed by atoms with Crippen molar-refractivity contribution < 1.29 is 13.2 Å². The van der Waals surface area contributed by atoms with Crippen LogP contribution in [-0.4, -0.2) is 29.8 Å². The van der Waals surface area contributed by atoms with E-state index in [4.69, 9.17) is 11.6 Å². The summed E-state index contributed by atoms with van der Waals surface area (Å²) in [6.45, 7) is 2.71. The molecule has 6 nitrogen and oxygen atoms in total. The Balaban J connectivity index is 1.92. The second kappa shape index (κ2) is 7.04. The number of alkyl halides is 3. The van der Waals surface area contributed by atoms with E-state index in [-0.39, 0.29) is 22.3 Å². The molecule has 0 amide bonds. The second-order valence-electron chi connectivity index (χ2n) is 4.95. The predicted molar refractivity (Wildman–Crippen MR) is 86.6 cm³/mol. The summed E-state index contributed by atoms with van der Waals surface area (Å²) in [5.74, 6) is 0.549. The van der Waals surface area contributed by atoms with Crippen LogP contribution in [0.25, 0.3) is 5.69 Å². The molecule has 0 radical (unpaired) electrons. The third-order valence-corrected chi connectivity index (χ3v) is 4.61. The fourth-order valence-corrected chi connectivity index (χ4v) is 3.31. The second-order valence-corrected chi connectivity index (χ2v) is 6.33. The summed E-state index contributed by atoms with van der Waals surface area (Å²) in [5.41, 5.74) is -1.06. The Morgan fingerprint density at radius 3 is 2.80 bits per heavy atom. The van der Waals surface area contributed by atoms with Gasteiger partial charge >= 0.3 is 6.18 Å². The minimum atomic E-state index is -4.57. The van der Waals surface area contributed by atoms with Crippen LogP contribution >= 0.6 is 23.4 Å². The van der Waals surface area contributed by atoms with Crippen molar-refractivity contribution in [1.29, 1.82) is 0 Å². The number of imidazole rings is 1. The van der Waals surface area contributed by atoms with Crippen molar-refractivity contribution in [3.63, 3.8) is 0 Å². The first-order valence-electron chi connectivity index (χ1n) is 7.18. The summed E-state index contributed by atoms with van der Waals surface area (Å²) in [6, 6.07) is 3.48. The predicted octanol–water partition coefficient (Wildman–Crippen LogP) is 3.84. The van der Waals surface area contributed by atoms with E-state index in [1.165, 1.54) is 23.9 Å². The summed E-state index contributed by atoms with van der Waals surface area (Å²) in [5, 5.41) is 11.8. The highest BCUT2D eigenvalue weighted by Gasteiger charge is 2.35. The van der Waals surface area contributed by atoms with Crippen LogP contribution in [0.1, 0.15) is 18.3 Å². The van der Waals surface area contributed by atoms with Crippen molar-refractivity contribution in [2.45, 2.75) is 30.6 Å². The van der Waals surface area contributed by atoms with Crippen molar-refractivity contribution in [3.8, 4) is 5.69 Å². The number of aryl methyl sites for hydroxylation is 1. The first kappa shape index (κ1) is 17.7. The van der Waals surface area contributed by atoms with Gasteiger partial charge in [0.15, 0.2) is 11.0 Å². The monoisotopic (exact) mass is 388 g/mol. The average molecular weight is 389 g/mol. The molecule has 132 valence electrons. The molecular weight excluding hydrogens is 377 g/mol. The summed E-state index contributed by atoms with van der Waals surface area (Å²) >= 11 is 7.05. The fourth-order valence-electron chi connectivity index (χ4n) is 2.21. The molecule has 2 heterocycles. The van der Waals surface area contributed by atoms with E-state index < -0.39 is 11.7 Å². The lowest BCUT2D eigenvalue weighted by Gasteiger charge is -2.13. The maximum absolute atomic E-state index is 13.3. The Bertz CT molecular complexity index is 876. The smallest absolute Gasteiger partial charge is 0.326 e. The van der Waals surface area contributed by atoms with Crippen LogP contribution in [0.15, 0.2) is 35.7 Å². The van der Waals surface area contributed by atoms with Crippen LogP contribution in [-0.2, 0) is 18.5 Å². The summed E-state index contributed by atoms with van der Waals surface area (Å²) < 4.78 is 42.9. The molecule has 25 heavy (non-hydrogen) atoms. The van der Waals surface area contributed by atoms with Crippen molar-refractivity contribution in [2.24, 2.45) is 0 Å². The lowest BCUT2D eigenvalue weighted by Crippen LogP contribution is -2.13. The maximum Gasteiger partial charge on any atom is 0.418 e. The molecule has 0 fully saturated rings. The molecule has 0 atom stereocenters. The largest absolute Gasteiger partial charge is 0.418 e. The molecule has 0 aliphatic carbocycles. The highest BCUT2D eigenvalue weighted by Crippen LogP contribution is 2.35. The summed E-state index contributed by atoms with van der Waals surface area (Å²) in [6.07, 6.45) is -1.09. The van der Waals surface area contributed by atoms with Crippen molar-refractivity contribution in [2.75, 3.05) is 0 Å². The van der Waals surface area contributed by atoms with Gasteiger partial charge in [0.25, 0.3) is 0 Å². The summed E-state index contributed by atoms with van der Waals surface area (Å²) in [7, 11) is 0. The molecule has 0 aliphatic heterocycles. The Hall–Kier alpha value is -2.07. The van der Waals surface area contributed by atoms with E-state index in [0.29, 0.717) is 0 Å². The van der Waals surface area contributed by atoms with Crippen LogP contribution in [0, 0.1) is 0 Å². The van der Waals surface area contributed by atoms with E-state index in [1.807, 2.05) is 17.7 Å². The molecule has 0 saturated carbocycles. The van der Waals surface area contributed by atoms with Crippen LogP contribution in [0.4, 0.5) is 13.2 Å². The van der Waals surface area contributed by atoms with Gasteiger partial charge in [-0.25, -0.2) is 4.98 Å². The molecule has 0 spiro atoms. The Morgan fingerprint density at radius 2 is 2.08 bits per heavy atom. The number of halogens is 4. The topological polar surface area (TPSA) is 61.4 Å². The van der Waals surface area contributed by atoms with Crippen molar-refractivity contribution >= 4 is 23.4 Å². The molecule has 3 rings (SSSR count). The molecule has 0 saturated heterocycles. The zero-order valence-corrected chi connectivity index (χ0v) is 14.5. The minimum Gasteiger partial charge on any atom is -0.326 e. The third-order valence-electron chi connectivity index (χ3n) is 3.37. The lowest BCUT2D eigenvalue weighted by atomic mass is 10.1. The Morgan fingerprint density at radius 1 is 1.28 bits per heavy atom. The van der Waals surface area contributed by atoms with Gasteiger partial charge in [0, 0.05) is 24.0 Å². The molecule has 0 N–H and O–H groups in total. The quantitative estimate of drug-likeness (QED) is 0.621. The molecule has 3 aromatic rings. The van der Waals surface area contributed by atoms with Gasteiger partial charge in [-0.15, -0.1) is 5.10 Å². The van der Waals surface area contributed by atoms with Gasteiger partial charge in [-0.3, -0.25) is 0 Å². The van der Waals surface area contributed by atoms with Gasteiger partial charge in [0.2, 0.25) is 0 Å². The van der Waals surface area contributed by atoms with E-state index in [1.54, 1.807) is 6.20 Å². The van der Waals surface area contributed by atoms with Crippen molar-refractivity contribution in [1.82, 2.24) is 29.8 Å². The average Bonchev–Trinajstić information content (AvgIpc) is 3.20. The van der Waals surface area contributed by atoms with Crippen molar-refractivity contribution in [3.05, 3.63) is 47.0 Å². The Labute approximate surface area is 150 Å². The van der Waals surface area contributed by atoms with Gasteiger partial charge < -0.3 is 4.57 Å². The molecule has 0 aliphatic rings. The van der Waals surface area contributed by atoms with E-state index in [0.717, 1.165) is 22.4 Å². The van der Waals surface area contributed by atoms with Gasteiger partial charge in [-0.05, 0) is 35.5 Å². The first-order chi connectivity index (χ1) is 11.9. The standard InChI is InChI=1S/C14H12ClF3N6S/c1-2-23-6-5-19-13(23)25-8-12-20-21-22-24(12)11-4-3-9(15)7-10(11)14(16,17)18/h3-7H,2,8H2,1H3. The Kier molecular flexibility index (Phi) is 5.00. The number of nitrogens with zero attached hydrogens (tertiary/aromatic N) is 6. The zero-order chi connectivity index (χ0) is 18.0. The van der Waals surface area contributed by atoms with Gasteiger partial charge in [-0.2, -0.15) is 17.9 Å². The number of hydrogen-bond acceptors (Lipinski definition) is 5. The maximum atomic E-state index is 13.3. The van der Waals surface area contributed by atoms with E-state index >= 15 is 0 Å². The van der Waals surface area contributed by atoms with Gasteiger partial charge in [-0.1, -0.05) is 23.4 Å². The van der Waals surface area contributed by atoms with E-state index in [9.17, 15) is 13.2 Å². The van der Waals surface area contributed by atoms with E-state index in [2.05, 4.69) is 20.5 Å². The minimum absolute atomic E-state index is 0.00922. The number of rotatable bonds is 5. The normalized spacial score (nSPS) is 11.9. The molecule has 11 heteroatoms. The lowest BCUT2D eigenvalue weighted by molar-refractivity contribution is -0.137. The van der Waals surface area contributed by atoms with Crippen LogP contribution in [0.5, 0.6) is 0 Å². The molecule has 2 aromatic heterocycles. The molecular formula is C14H12ClF3N6S. The first-order valence-corrected chi connectivity index (χ1v) is 8.54. The number of hydrogen-bond donors (Lipinski definition) is 0. The molecule has 0 bridgehead atoms. The highest BCUT2D eigenvalue weighted by atomic mass is 35.5. The SMILES string of the molecule is CCn1ccnc1SCc1nnnn1-c1ccc(Cl)cc1C(F)(F)F. The number of aromatic nitrogens is 6. The van der Waals surface area contributed by atoms with Crippen LogP contribution < -0.4 is 0 Å². The third kappa shape index (κ3) is 3.79. The zero-order valence-electron chi connectivity index (χ0n) is 12.9. The highest BCUT2D eigenvalue weighted by molar-refractivity contribution is 7.98. The molecule has 1 aromatic carbocycles.